The van der Waals surface area contributed by atoms with Crippen LogP contribution in [0.1, 0.15) is 34.2 Å². The molecule has 8 nitrogen and oxygen atoms in total. The predicted molar refractivity (Wildman–Crippen MR) is 106 cm³/mol. The molecule has 2 amide bonds. The van der Waals surface area contributed by atoms with Crippen molar-refractivity contribution in [3.8, 4) is 0 Å². The number of tetrazole rings is 1. The van der Waals surface area contributed by atoms with Gasteiger partial charge in [-0.1, -0.05) is 47.7 Å². The van der Waals surface area contributed by atoms with E-state index < -0.39 is 6.04 Å². The van der Waals surface area contributed by atoms with Crippen molar-refractivity contribution in [1.82, 2.24) is 30.8 Å². The lowest BCUT2D eigenvalue weighted by molar-refractivity contribution is -0.126. The maximum atomic E-state index is 13.2. The van der Waals surface area contributed by atoms with Crippen LogP contribution in [0.25, 0.3) is 0 Å². The minimum atomic E-state index is -0.578. The standard InChI is InChI=1S/C21H22N6O2/c1-14(11-19-23-25-26-24-19)22-20(28)18-12-16-9-5-6-10-17(16)13-27(18)21(29)15-7-3-2-4-8-15/h2-10,14,18H,11-13H2,1H3,(H,22,28)(H,23,24,25,26). The lowest BCUT2D eigenvalue weighted by Gasteiger charge is -2.36. The molecular weight excluding hydrogens is 368 g/mol. The van der Waals surface area contributed by atoms with Crippen LogP contribution in [0.5, 0.6) is 0 Å². The molecule has 8 heteroatoms. The lowest BCUT2D eigenvalue weighted by atomic mass is 9.92. The molecule has 3 aromatic rings. The summed E-state index contributed by atoms with van der Waals surface area (Å²) in [5.74, 6) is 0.204. The van der Waals surface area contributed by atoms with E-state index in [1.54, 1.807) is 17.0 Å². The van der Waals surface area contributed by atoms with Gasteiger partial charge in [-0.25, -0.2) is 0 Å². The molecule has 0 fully saturated rings. The molecule has 1 aliphatic heterocycles. The van der Waals surface area contributed by atoms with Gasteiger partial charge in [-0.05, 0) is 30.2 Å². The van der Waals surface area contributed by atoms with Crippen LogP contribution in [-0.4, -0.2) is 49.4 Å². The molecule has 0 saturated carbocycles. The number of carbonyl (C=O) groups excluding carboxylic acids is 2. The maximum Gasteiger partial charge on any atom is 0.254 e. The molecule has 1 aromatic heterocycles. The van der Waals surface area contributed by atoms with Gasteiger partial charge in [0, 0.05) is 31.0 Å². The summed E-state index contributed by atoms with van der Waals surface area (Å²) in [5, 5.41) is 16.8. The second kappa shape index (κ2) is 8.22. The molecule has 29 heavy (non-hydrogen) atoms. The third-order valence-corrected chi connectivity index (χ3v) is 5.10. The summed E-state index contributed by atoms with van der Waals surface area (Å²) < 4.78 is 0. The molecule has 2 heterocycles. The van der Waals surface area contributed by atoms with Gasteiger partial charge in [0.15, 0.2) is 5.82 Å². The van der Waals surface area contributed by atoms with E-state index in [-0.39, 0.29) is 17.9 Å². The minimum Gasteiger partial charge on any atom is -0.351 e. The first kappa shape index (κ1) is 18.8. The summed E-state index contributed by atoms with van der Waals surface area (Å²) in [5.41, 5.74) is 2.74. The number of benzene rings is 2. The van der Waals surface area contributed by atoms with E-state index in [0.717, 1.165) is 11.1 Å². The van der Waals surface area contributed by atoms with E-state index >= 15 is 0 Å². The number of aromatic amines is 1. The molecule has 0 aliphatic carbocycles. The predicted octanol–water partition coefficient (Wildman–Crippen LogP) is 1.51. The number of amides is 2. The van der Waals surface area contributed by atoms with Crippen LogP contribution < -0.4 is 5.32 Å². The molecular formula is C21H22N6O2. The number of aromatic nitrogens is 4. The summed E-state index contributed by atoms with van der Waals surface area (Å²) >= 11 is 0. The monoisotopic (exact) mass is 390 g/mol. The normalized spacial score (nSPS) is 16.7. The van der Waals surface area contributed by atoms with Crippen LogP contribution in [0.3, 0.4) is 0 Å². The van der Waals surface area contributed by atoms with Crippen molar-refractivity contribution in [1.29, 1.82) is 0 Å². The fourth-order valence-electron chi connectivity index (χ4n) is 3.65. The van der Waals surface area contributed by atoms with Crippen LogP contribution in [-0.2, 0) is 24.2 Å². The quantitative estimate of drug-likeness (QED) is 0.687. The van der Waals surface area contributed by atoms with E-state index in [1.807, 2.05) is 49.4 Å². The Balaban J connectivity index is 1.56. The first-order valence-electron chi connectivity index (χ1n) is 9.57. The molecule has 2 atom stereocenters. The molecule has 2 aromatic carbocycles. The van der Waals surface area contributed by atoms with Crippen molar-refractivity contribution < 1.29 is 9.59 Å². The zero-order valence-electron chi connectivity index (χ0n) is 16.1. The number of rotatable bonds is 5. The number of nitrogens with zero attached hydrogens (tertiary/aromatic N) is 4. The van der Waals surface area contributed by atoms with Crippen molar-refractivity contribution in [2.45, 2.75) is 38.4 Å². The average molecular weight is 390 g/mol. The van der Waals surface area contributed by atoms with Gasteiger partial charge in [-0.3, -0.25) is 9.59 Å². The van der Waals surface area contributed by atoms with E-state index in [0.29, 0.717) is 30.8 Å². The molecule has 2 N–H and O–H groups in total. The van der Waals surface area contributed by atoms with E-state index in [9.17, 15) is 9.59 Å². The van der Waals surface area contributed by atoms with E-state index in [1.165, 1.54) is 0 Å². The molecule has 4 rings (SSSR count). The van der Waals surface area contributed by atoms with E-state index in [2.05, 4.69) is 25.9 Å². The second-order valence-corrected chi connectivity index (χ2v) is 7.23. The smallest absolute Gasteiger partial charge is 0.254 e. The Kier molecular flexibility index (Phi) is 5.33. The van der Waals surface area contributed by atoms with Crippen LogP contribution in [0.2, 0.25) is 0 Å². The SMILES string of the molecule is CC(Cc1nn[nH]n1)NC(=O)C1Cc2ccccc2CN1C(=O)c1ccccc1. The molecule has 0 saturated heterocycles. The number of carbonyl (C=O) groups is 2. The molecule has 2 unspecified atom stereocenters. The highest BCUT2D eigenvalue weighted by Gasteiger charge is 2.35. The third kappa shape index (κ3) is 4.16. The topological polar surface area (TPSA) is 104 Å². The number of hydrogen-bond donors (Lipinski definition) is 2. The number of hydrogen-bond acceptors (Lipinski definition) is 5. The van der Waals surface area contributed by atoms with Gasteiger partial charge in [-0.15, -0.1) is 10.2 Å². The van der Waals surface area contributed by atoms with Crippen molar-refractivity contribution in [3.63, 3.8) is 0 Å². The van der Waals surface area contributed by atoms with Crippen molar-refractivity contribution >= 4 is 11.8 Å². The molecule has 0 bridgehead atoms. The van der Waals surface area contributed by atoms with Gasteiger partial charge in [0.1, 0.15) is 6.04 Å². The number of nitrogens with one attached hydrogen (secondary N) is 2. The summed E-state index contributed by atoms with van der Waals surface area (Å²) in [7, 11) is 0. The summed E-state index contributed by atoms with van der Waals surface area (Å²) in [6.07, 6.45) is 0.938. The zero-order valence-corrected chi connectivity index (χ0v) is 16.1. The maximum absolute atomic E-state index is 13.2. The molecule has 1 aliphatic rings. The Labute approximate surface area is 168 Å². The summed E-state index contributed by atoms with van der Waals surface area (Å²) in [6, 6.07) is 16.2. The van der Waals surface area contributed by atoms with Crippen molar-refractivity contribution in [2.24, 2.45) is 0 Å². The average Bonchev–Trinajstić information content (AvgIpc) is 3.25. The Morgan fingerprint density at radius 2 is 1.86 bits per heavy atom. The molecule has 148 valence electrons. The van der Waals surface area contributed by atoms with Gasteiger partial charge >= 0.3 is 0 Å². The number of H-pyrrole nitrogens is 1. The molecule has 0 radical (unpaired) electrons. The lowest BCUT2D eigenvalue weighted by Crippen LogP contribution is -2.54. The van der Waals surface area contributed by atoms with Gasteiger partial charge in [-0.2, -0.15) is 5.21 Å². The Morgan fingerprint density at radius 3 is 2.59 bits per heavy atom. The highest BCUT2D eigenvalue weighted by Crippen LogP contribution is 2.25. The Morgan fingerprint density at radius 1 is 1.14 bits per heavy atom. The minimum absolute atomic E-state index is 0.147. The van der Waals surface area contributed by atoms with Crippen LogP contribution in [0.4, 0.5) is 0 Å². The van der Waals surface area contributed by atoms with Crippen molar-refractivity contribution in [3.05, 3.63) is 77.1 Å². The van der Waals surface area contributed by atoms with Gasteiger partial charge < -0.3 is 10.2 Å². The highest BCUT2D eigenvalue weighted by molar-refractivity contribution is 5.98. The first-order valence-corrected chi connectivity index (χ1v) is 9.57. The van der Waals surface area contributed by atoms with Gasteiger partial charge in [0.2, 0.25) is 5.91 Å². The summed E-state index contributed by atoms with van der Waals surface area (Å²) in [4.78, 5) is 28.0. The van der Waals surface area contributed by atoms with Crippen LogP contribution in [0, 0.1) is 0 Å². The number of fused-ring (bicyclic) bond motifs is 1. The van der Waals surface area contributed by atoms with Gasteiger partial charge in [0.25, 0.3) is 5.91 Å². The Bertz CT molecular complexity index is 989. The first-order chi connectivity index (χ1) is 14.1. The summed E-state index contributed by atoms with van der Waals surface area (Å²) in [6.45, 7) is 2.29. The largest absolute Gasteiger partial charge is 0.351 e. The second-order valence-electron chi connectivity index (χ2n) is 7.23. The zero-order chi connectivity index (χ0) is 20.2. The van der Waals surface area contributed by atoms with Crippen LogP contribution >= 0.6 is 0 Å². The van der Waals surface area contributed by atoms with Gasteiger partial charge in [0.05, 0.1) is 0 Å². The highest BCUT2D eigenvalue weighted by atomic mass is 16.2. The van der Waals surface area contributed by atoms with Crippen LogP contribution in [0.15, 0.2) is 54.6 Å². The molecule has 0 spiro atoms. The van der Waals surface area contributed by atoms with Crippen molar-refractivity contribution in [2.75, 3.05) is 0 Å². The van der Waals surface area contributed by atoms with E-state index in [4.69, 9.17) is 0 Å². The Hall–Kier alpha value is -3.55. The fourth-order valence-corrected chi connectivity index (χ4v) is 3.65. The third-order valence-electron chi connectivity index (χ3n) is 5.10. The fraction of sp³-hybridized carbons (Fsp3) is 0.286.